The van der Waals surface area contributed by atoms with E-state index in [0.717, 1.165) is 6.07 Å². The highest BCUT2D eigenvalue weighted by atomic mass is 19.4. The zero-order valence-corrected chi connectivity index (χ0v) is 14.7. The van der Waals surface area contributed by atoms with Gasteiger partial charge in [0.05, 0.1) is 18.4 Å². The van der Waals surface area contributed by atoms with E-state index in [4.69, 9.17) is 9.15 Å². The van der Waals surface area contributed by atoms with Crippen molar-refractivity contribution in [3.8, 4) is 11.5 Å². The number of ether oxygens (including phenoxy) is 2. The minimum absolute atomic E-state index is 0.0226. The van der Waals surface area contributed by atoms with Crippen molar-refractivity contribution in [3.63, 3.8) is 0 Å². The molecule has 0 unspecified atom stereocenters. The van der Waals surface area contributed by atoms with E-state index in [1.165, 1.54) is 50.4 Å². The molecular weight excluding hydrogens is 379 g/mol. The van der Waals surface area contributed by atoms with Crippen LogP contribution in [-0.2, 0) is 0 Å². The number of methoxy groups -OCH3 is 1. The number of para-hydroxylation sites is 2. The van der Waals surface area contributed by atoms with E-state index >= 15 is 0 Å². The molecule has 1 N–H and O–H groups in total. The van der Waals surface area contributed by atoms with Gasteiger partial charge in [0.15, 0.2) is 28.6 Å². The molecule has 146 valence electrons. The number of ketones is 1. The minimum atomic E-state index is -4.91. The van der Waals surface area contributed by atoms with Crippen molar-refractivity contribution in [2.45, 2.75) is 13.3 Å². The zero-order chi connectivity index (χ0) is 20.5. The maximum atomic E-state index is 12.7. The summed E-state index contributed by atoms with van der Waals surface area (Å²) >= 11 is 0. The Hall–Kier alpha value is -3.49. The first-order chi connectivity index (χ1) is 13.2. The summed E-state index contributed by atoms with van der Waals surface area (Å²) in [5.74, 6) is -1.28. The second-order valence-electron chi connectivity index (χ2n) is 5.72. The van der Waals surface area contributed by atoms with Crippen molar-refractivity contribution in [2.24, 2.45) is 0 Å². The maximum absolute atomic E-state index is 12.7. The third kappa shape index (κ3) is 3.93. The molecule has 1 amide bonds. The molecule has 2 aromatic carbocycles. The van der Waals surface area contributed by atoms with E-state index in [1.54, 1.807) is 0 Å². The number of benzene rings is 2. The van der Waals surface area contributed by atoms with Crippen LogP contribution in [0.1, 0.15) is 27.8 Å². The number of fused-ring (bicyclic) bond motifs is 1. The van der Waals surface area contributed by atoms with Gasteiger partial charge in [-0.2, -0.15) is 0 Å². The Balaban J connectivity index is 2.00. The Labute approximate surface area is 156 Å². The van der Waals surface area contributed by atoms with Gasteiger partial charge in [-0.25, -0.2) is 0 Å². The summed E-state index contributed by atoms with van der Waals surface area (Å²) in [7, 11) is 1.40. The number of furan rings is 1. The SMILES string of the molecule is COc1ccc(C(=O)Nc2ccccc2OC(F)(F)F)c2cc(C(C)=O)oc12. The second-order valence-corrected chi connectivity index (χ2v) is 5.72. The number of alkyl halides is 3. The van der Waals surface area contributed by atoms with Gasteiger partial charge >= 0.3 is 6.36 Å². The van der Waals surface area contributed by atoms with Crippen LogP contribution >= 0.6 is 0 Å². The van der Waals surface area contributed by atoms with Gasteiger partial charge in [0.25, 0.3) is 5.91 Å². The first-order valence-corrected chi connectivity index (χ1v) is 7.97. The molecule has 0 aliphatic rings. The fourth-order valence-corrected chi connectivity index (χ4v) is 2.60. The second kappa shape index (κ2) is 7.26. The Morgan fingerprint density at radius 3 is 2.43 bits per heavy atom. The number of hydrogen-bond donors (Lipinski definition) is 1. The van der Waals surface area contributed by atoms with Crippen molar-refractivity contribution < 1.29 is 36.7 Å². The summed E-state index contributed by atoms with van der Waals surface area (Å²) in [5, 5.41) is 2.67. The third-order valence-corrected chi connectivity index (χ3v) is 3.82. The number of Topliss-reactive ketones (excluding diaryl/α,β-unsaturated/α-hetero) is 1. The Morgan fingerprint density at radius 2 is 1.79 bits per heavy atom. The average Bonchev–Trinajstić information content (AvgIpc) is 3.07. The molecule has 0 saturated carbocycles. The van der Waals surface area contributed by atoms with Crippen LogP contribution in [0, 0.1) is 0 Å². The number of carbonyl (C=O) groups excluding carboxylic acids is 2. The molecule has 0 spiro atoms. The summed E-state index contributed by atoms with van der Waals surface area (Å²) in [6, 6.07) is 9.42. The molecule has 3 aromatic rings. The molecule has 1 aromatic heterocycles. The van der Waals surface area contributed by atoms with Gasteiger partial charge < -0.3 is 19.2 Å². The van der Waals surface area contributed by atoms with E-state index in [1.807, 2.05) is 0 Å². The zero-order valence-electron chi connectivity index (χ0n) is 14.7. The molecule has 0 aliphatic carbocycles. The smallest absolute Gasteiger partial charge is 0.493 e. The van der Waals surface area contributed by atoms with Crippen LogP contribution in [0.5, 0.6) is 11.5 Å². The Kier molecular flexibility index (Phi) is 5.00. The molecular formula is C19H14F3NO5. The van der Waals surface area contributed by atoms with Crippen molar-refractivity contribution in [1.82, 2.24) is 0 Å². The number of amides is 1. The largest absolute Gasteiger partial charge is 0.573 e. The number of anilines is 1. The van der Waals surface area contributed by atoms with Crippen LogP contribution in [0.3, 0.4) is 0 Å². The summed E-state index contributed by atoms with van der Waals surface area (Å²) < 4.78 is 52.2. The molecule has 0 aliphatic heterocycles. The number of carbonyl (C=O) groups is 2. The summed E-state index contributed by atoms with van der Waals surface area (Å²) in [4.78, 5) is 24.3. The van der Waals surface area contributed by atoms with Gasteiger partial charge in [-0.05, 0) is 30.3 Å². The van der Waals surface area contributed by atoms with Crippen LogP contribution in [-0.4, -0.2) is 25.2 Å². The maximum Gasteiger partial charge on any atom is 0.573 e. The van der Waals surface area contributed by atoms with Gasteiger partial charge in [-0.3, -0.25) is 9.59 Å². The highest BCUT2D eigenvalue weighted by molar-refractivity contribution is 6.14. The molecule has 28 heavy (non-hydrogen) atoms. The van der Waals surface area contributed by atoms with E-state index in [2.05, 4.69) is 10.1 Å². The lowest BCUT2D eigenvalue weighted by Crippen LogP contribution is -2.19. The van der Waals surface area contributed by atoms with Crippen molar-refractivity contribution >= 4 is 28.3 Å². The number of nitrogens with one attached hydrogen (secondary N) is 1. The highest BCUT2D eigenvalue weighted by Gasteiger charge is 2.32. The van der Waals surface area contributed by atoms with Crippen LogP contribution < -0.4 is 14.8 Å². The molecule has 6 nitrogen and oxygen atoms in total. The normalized spacial score (nSPS) is 11.3. The highest BCUT2D eigenvalue weighted by Crippen LogP contribution is 2.34. The summed E-state index contributed by atoms with van der Waals surface area (Å²) in [6.07, 6.45) is -4.91. The molecule has 0 fully saturated rings. The number of rotatable bonds is 5. The van der Waals surface area contributed by atoms with E-state index < -0.39 is 18.0 Å². The molecule has 0 atom stereocenters. The standard InChI is InChI=1S/C19H14F3NO5/c1-10(24)16-9-12-11(7-8-15(26-2)17(12)27-16)18(25)23-13-5-3-4-6-14(13)28-19(20,21)22/h3-9H,1-2H3,(H,23,25). The van der Waals surface area contributed by atoms with E-state index in [-0.39, 0.29) is 33.8 Å². The topological polar surface area (TPSA) is 77.8 Å². The lowest BCUT2D eigenvalue weighted by atomic mass is 10.1. The van der Waals surface area contributed by atoms with E-state index in [0.29, 0.717) is 5.75 Å². The number of hydrogen-bond acceptors (Lipinski definition) is 5. The van der Waals surface area contributed by atoms with Crippen LogP contribution in [0.4, 0.5) is 18.9 Å². The summed E-state index contributed by atoms with van der Waals surface area (Å²) in [6.45, 7) is 1.30. The molecule has 0 bridgehead atoms. The molecule has 1 heterocycles. The Bertz CT molecular complexity index is 1060. The van der Waals surface area contributed by atoms with Gasteiger partial charge in [0, 0.05) is 12.3 Å². The van der Waals surface area contributed by atoms with Gasteiger partial charge in [0.2, 0.25) is 0 Å². The predicted octanol–water partition coefficient (Wildman–Crippen LogP) is 4.79. The van der Waals surface area contributed by atoms with Crippen molar-refractivity contribution in [2.75, 3.05) is 12.4 Å². The quantitative estimate of drug-likeness (QED) is 0.631. The molecule has 9 heteroatoms. The van der Waals surface area contributed by atoms with Crippen molar-refractivity contribution in [1.29, 1.82) is 0 Å². The van der Waals surface area contributed by atoms with Crippen LogP contribution in [0.25, 0.3) is 11.0 Å². The lowest BCUT2D eigenvalue weighted by Gasteiger charge is -2.14. The van der Waals surface area contributed by atoms with Gasteiger partial charge in [0.1, 0.15) is 0 Å². The fourth-order valence-electron chi connectivity index (χ4n) is 2.60. The lowest BCUT2D eigenvalue weighted by molar-refractivity contribution is -0.274. The fraction of sp³-hybridized carbons (Fsp3) is 0.158. The van der Waals surface area contributed by atoms with Crippen LogP contribution in [0.2, 0.25) is 0 Å². The van der Waals surface area contributed by atoms with Gasteiger partial charge in [-0.15, -0.1) is 13.2 Å². The summed E-state index contributed by atoms with van der Waals surface area (Å²) in [5.41, 5.74) is 0.109. The number of halogens is 3. The van der Waals surface area contributed by atoms with Crippen LogP contribution in [0.15, 0.2) is 46.9 Å². The first kappa shape index (κ1) is 19.3. The Morgan fingerprint density at radius 1 is 1.07 bits per heavy atom. The van der Waals surface area contributed by atoms with E-state index in [9.17, 15) is 22.8 Å². The first-order valence-electron chi connectivity index (χ1n) is 7.97. The average molecular weight is 393 g/mol. The molecule has 0 radical (unpaired) electrons. The monoisotopic (exact) mass is 393 g/mol. The third-order valence-electron chi connectivity index (χ3n) is 3.82. The van der Waals surface area contributed by atoms with Crippen molar-refractivity contribution in [3.05, 3.63) is 53.8 Å². The molecule has 3 rings (SSSR count). The minimum Gasteiger partial charge on any atom is -0.493 e. The predicted molar refractivity (Wildman–Crippen MR) is 93.8 cm³/mol. The molecule has 0 saturated heterocycles. The van der Waals surface area contributed by atoms with Gasteiger partial charge in [-0.1, -0.05) is 12.1 Å².